The molecule has 12 rings (SSSR count). The van der Waals surface area contributed by atoms with Crippen molar-refractivity contribution in [1.82, 2.24) is 0 Å². The van der Waals surface area contributed by atoms with Gasteiger partial charge in [0.2, 0.25) is 0 Å². The number of hydrogen-bond acceptors (Lipinski definition) is 2. The van der Waals surface area contributed by atoms with Crippen molar-refractivity contribution in [3.05, 3.63) is 215 Å². The number of hydrogen-bond donors (Lipinski definition) is 0. The lowest BCUT2D eigenvalue weighted by atomic mass is 9.61. The second kappa shape index (κ2) is 11.1. The minimum absolute atomic E-state index is 0.314. The van der Waals surface area contributed by atoms with Gasteiger partial charge in [0.15, 0.2) is 0 Å². The van der Waals surface area contributed by atoms with E-state index in [1.807, 2.05) is 11.3 Å². The summed E-state index contributed by atoms with van der Waals surface area (Å²) in [6.07, 6.45) is 8.24. The van der Waals surface area contributed by atoms with Gasteiger partial charge in [-0.25, -0.2) is 0 Å². The van der Waals surface area contributed by atoms with Crippen molar-refractivity contribution in [3.8, 4) is 22.3 Å². The molecule has 0 fully saturated rings. The Morgan fingerprint density at radius 2 is 1.31 bits per heavy atom. The van der Waals surface area contributed by atoms with Crippen molar-refractivity contribution in [2.75, 3.05) is 4.90 Å². The molecule has 0 amide bonds. The van der Waals surface area contributed by atoms with Gasteiger partial charge in [-0.05, 0) is 122 Å². The molecule has 0 saturated heterocycles. The van der Waals surface area contributed by atoms with Gasteiger partial charge >= 0.3 is 0 Å². The average molecular weight is 706 g/mol. The Labute approximate surface area is 319 Å². The number of anilines is 3. The first-order valence-electron chi connectivity index (χ1n) is 19.1. The summed E-state index contributed by atoms with van der Waals surface area (Å²) in [7, 11) is 0. The molecule has 1 nitrogen and oxygen atoms in total. The monoisotopic (exact) mass is 705 g/mol. The van der Waals surface area contributed by atoms with E-state index >= 15 is 0 Å². The third-order valence-corrected chi connectivity index (χ3v) is 13.7. The van der Waals surface area contributed by atoms with Gasteiger partial charge in [-0.15, -0.1) is 11.3 Å². The van der Waals surface area contributed by atoms with E-state index in [1.54, 1.807) is 0 Å². The van der Waals surface area contributed by atoms with Gasteiger partial charge in [-0.1, -0.05) is 134 Å². The normalized spacial score (nSPS) is 18.6. The fourth-order valence-electron chi connectivity index (χ4n) is 10.3. The molecule has 54 heavy (non-hydrogen) atoms. The maximum atomic E-state index is 2.52. The van der Waals surface area contributed by atoms with Crippen LogP contribution in [-0.2, 0) is 5.41 Å². The van der Waals surface area contributed by atoms with E-state index in [9.17, 15) is 0 Å². The van der Waals surface area contributed by atoms with Crippen LogP contribution in [0.2, 0.25) is 0 Å². The van der Waals surface area contributed by atoms with E-state index in [0.29, 0.717) is 5.92 Å². The van der Waals surface area contributed by atoms with Gasteiger partial charge in [-0.2, -0.15) is 0 Å². The number of fused-ring (bicyclic) bond motifs is 7. The topological polar surface area (TPSA) is 3.24 Å². The minimum Gasteiger partial charge on any atom is -0.310 e. The lowest BCUT2D eigenvalue weighted by Gasteiger charge is -2.40. The Morgan fingerprint density at radius 3 is 2.22 bits per heavy atom. The van der Waals surface area contributed by atoms with Crippen molar-refractivity contribution in [2.24, 2.45) is 0 Å². The zero-order chi connectivity index (χ0) is 35.5. The van der Waals surface area contributed by atoms with E-state index in [0.717, 1.165) is 23.5 Å². The highest BCUT2D eigenvalue weighted by atomic mass is 32.1. The molecule has 0 aliphatic heterocycles. The molecule has 1 spiro atoms. The van der Waals surface area contributed by atoms with Crippen LogP contribution < -0.4 is 4.90 Å². The van der Waals surface area contributed by atoms with E-state index in [1.165, 1.54) is 87.0 Å². The Hall–Kier alpha value is -6.22. The third kappa shape index (κ3) is 3.93. The van der Waals surface area contributed by atoms with Crippen LogP contribution in [0.25, 0.3) is 48.0 Å². The first-order valence-corrected chi connectivity index (χ1v) is 19.9. The summed E-state index contributed by atoms with van der Waals surface area (Å²) < 4.78 is 2.63. The van der Waals surface area contributed by atoms with Gasteiger partial charge in [0.1, 0.15) is 0 Å². The molecule has 1 unspecified atom stereocenters. The Kier molecular flexibility index (Phi) is 6.25. The summed E-state index contributed by atoms with van der Waals surface area (Å²) in [4.78, 5) is 2.38. The summed E-state index contributed by atoms with van der Waals surface area (Å²) in [5, 5.41) is 2.64. The van der Waals surface area contributed by atoms with Crippen molar-refractivity contribution >= 4 is 54.1 Å². The van der Waals surface area contributed by atoms with Crippen molar-refractivity contribution in [1.29, 1.82) is 0 Å². The molecular formula is C52H35NS. The fraction of sp³-hybridized carbons (Fsp3) is 0.0769. The average Bonchev–Trinajstić information content (AvgIpc) is 3.77. The fourth-order valence-corrected chi connectivity index (χ4v) is 11.4. The molecule has 2 atom stereocenters. The molecule has 1 heterocycles. The summed E-state index contributed by atoms with van der Waals surface area (Å²) >= 11 is 1.87. The standard InChI is InChI=1S/C52H35NS/c1-32-38-14-7-9-20-46(38)52-47-30-34(24-28-40(47)43-18-11-19-45(51(43)52)44-17-6-5-15-39(32)50(44)52)33-22-25-36(26-23-33)53(35-12-3-2-4-13-35)37-27-29-42-41-16-8-10-21-48(41)54-49(42)31-37/h2-5,7-32H,6H2,1H3/t32-,52?/m0/s1. The Bertz CT molecular complexity index is 2980. The van der Waals surface area contributed by atoms with Gasteiger partial charge in [-0.3, -0.25) is 0 Å². The van der Waals surface area contributed by atoms with Crippen LogP contribution in [-0.4, -0.2) is 0 Å². The lowest BCUT2D eigenvalue weighted by Crippen LogP contribution is -2.33. The molecule has 8 aromatic rings. The quantitative estimate of drug-likeness (QED) is 0.176. The molecule has 254 valence electrons. The highest BCUT2D eigenvalue weighted by Crippen LogP contribution is 2.69. The van der Waals surface area contributed by atoms with Crippen molar-refractivity contribution in [3.63, 3.8) is 0 Å². The largest absolute Gasteiger partial charge is 0.310 e. The molecular weight excluding hydrogens is 671 g/mol. The van der Waals surface area contributed by atoms with Crippen LogP contribution in [0.15, 0.2) is 187 Å². The zero-order valence-electron chi connectivity index (χ0n) is 29.9. The third-order valence-electron chi connectivity index (χ3n) is 12.5. The van der Waals surface area contributed by atoms with Crippen LogP contribution in [0.3, 0.4) is 0 Å². The predicted octanol–water partition coefficient (Wildman–Crippen LogP) is 14.3. The molecule has 4 aliphatic carbocycles. The maximum Gasteiger partial charge on any atom is 0.0731 e. The summed E-state index contributed by atoms with van der Waals surface area (Å²) in [6, 6.07) is 59.1. The van der Waals surface area contributed by atoms with E-state index in [-0.39, 0.29) is 5.41 Å². The number of rotatable bonds is 4. The molecule has 2 heteroatoms. The van der Waals surface area contributed by atoms with Crippen LogP contribution in [0.5, 0.6) is 0 Å². The molecule has 7 aromatic carbocycles. The van der Waals surface area contributed by atoms with E-state index in [2.05, 4.69) is 188 Å². The number of allylic oxidation sites excluding steroid dienone is 6. The number of benzene rings is 7. The van der Waals surface area contributed by atoms with E-state index < -0.39 is 0 Å². The molecule has 0 bridgehead atoms. The summed E-state index contributed by atoms with van der Waals surface area (Å²) in [5.41, 5.74) is 20.0. The maximum absolute atomic E-state index is 2.52. The lowest BCUT2D eigenvalue weighted by molar-refractivity contribution is 0.707. The summed E-state index contributed by atoms with van der Waals surface area (Å²) in [5.74, 6) is 0.337. The number of thiophene rings is 1. The Balaban J connectivity index is 1.01. The van der Waals surface area contributed by atoms with Gasteiger partial charge in [0.25, 0.3) is 0 Å². The van der Waals surface area contributed by atoms with Gasteiger partial charge in [0, 0.05) is 43.2 Å². The number of para-hydroxylation sites is 1. The van der Waals surface area contributed by atoms with Crippen molar-refractivity contribution < 1.29 is 0 Å². The molecule has 4 aliphatic rings. The smallest absolute Gasteiger partial charge is 0.0731 e. The first-order chi connectivity index (χ1) is 26.7. The Morgan fingerprint density at radius 1 is 0.574 bits per heavy atom. The summed E-state index contributed by atoms with van der Waals surface area (Å²) in [6.45, 7) is 2.40. The molecule has 1 aromatic heterocycles. The first kappa shape index (κ1) is 30.3. The second-order valence-corrected chi connectivity index (χ2v) is 16.2. The molecule has 0 radical (unpaired) electrons. The molecule has 0 saturated carbocycles. The number of nitrogens with zero attached hydrogens (tertiary/aromatic N) is 1. The molecule has 0 N–H and O–H groups in total. The van der Waals surface area contributed by atoms with Crippen LogP contribution in [0.1, 0.15) is 47.1 Å². The van der Waals surface area contributed by atoms with E-state index in [4.69, 9.17) is 0 Å². The minimum atomic E-state index is -0.314. The van der Waals surface area contributed by atoms with Crippen LogP contribution >= 0.6 is 11.3 Å². The van der Waals surface area contributed by atoms with Crippen molar-refractivity contribution in [2.45, 2.75) is 24.7 Å². The van der Waals surface area contributed by atoms with Gasteiger partial charge < -0.3 is 4.90 Å². The SMILES string of the molecule is C[C@@H]1C2=C3C(=CCC=C2)c2cccc4c2C3(c2cc(-c3ccc(N(c5ccccc5)c5ccc6c(c5)sc5ccccc56)cc3)ccc2-4)c2ccccc21. The highest BCUT2D eigenvalue weighted by molar-refractivity contribution is 7.25. The van der Waals surface area contributed by atoms with Crippen LogP contribution in [0.4, 0.5) is 17.1 Å². The van der Waals surface area contributed by atoms with Crippen LogP contribution in [0, 0.1) is 0 Å². The zero-order valence-corrected chi connectivity index (χ0v) is 30.7. The highest BCUT2D eigenvalue weighted by Gasteiger charge is 2.58. The predicted molar refractivity (Wildman–Crippen MR) is 228 cm³/mol. The second-order valence-electron chi connectivity index (χ2n) is 15.1. The van der Waals surface area contributed by atoms with Gasteiger partial charge in [0.05, 0.1) is 5.41 Å².